The molecule has 1 aromatic heterocycles. The lowest BCUT2D eigenvalue weighted by Crippen LogP contribution is -2.13. The molecule has 0 aliphatic rings. The number of aromatic carboxylic acids is 1. The highest BCUT2D eigenvalue weighted by Crippen LogP contribution is 2.22. The highest BCUT2D eigenvalue weighted by molar-refractivity contribution is 9.08. The number of nitrogens with zero attached hydrogens (tertiary/aromatic N) is 1. The Kier molecular flexibility index (Phi) is 3.02. The Labute approximate surface area is 106 Å². The molecule has 1 aromatic carbocycles. The van der Waals surface area contributed by atoms with Crippen molar-refractivity contribution in [3.8, 4) is 0 Å². The third-order valence-electron chi connectivity index (χ3n) is 2.55. The van der Waals surface area contributed by atoms with Crippen molar-refractivity contribution in [1.29, 1.82) is 0 Å². The van der Waals surface area contributed by atoms with Gasteiger partial charge in [0.25, 0.3) is 0 Å². The van der Waals surface area contributed by atoms with E-state index in [4.69, 9.17) is 5.11 Å². The van der Waals surface area contributed by atoms with Crippen LogP contribution in [0.3, 0.4) is 0 Å². The zero-order valence-electron chi connectivity index (χ0n) is 9.11. The summed E-state index contributed by atoms with van der Waals surface area (Å²) in [6, 6.07) is 7.02. The van der Waals surface area contributed by atoms with Gasteiger partial charge in [0.1, 0.15) is 5.69 Å². The molecule has 0 atom stereocenters. The number of carboxylic acid groups (broad SMARTS) is 1. The molecule has 4 nitrogen and oxygen atoms in total. The molecule has 0 saturated carbocycles. The maximum atomic E-state index is 11.5. The maximum Gasteiger partial charge on any atom is 0.352 e. The minimum atomic E-state index is -1.10. The topological polar surface area (TPSA) is 59.3 Å². The molecule has 17 heavy (non-hydrogen) atoms. The minimum Gasteiger partial charge on any atom is -0.477 e. The van der Waals surface area contributed by atoms with E-state index in [2.05, 4.69) is 15.9 Å². The molecule has 88 valence electrons. The fourth-order valence-corrected chi connectivity index (χ4v) is 2.19. The second-order valence-electron chi connectivity index (χ2n) is 3.72. The van der Waals surface area contributed by atoms with Crippen molar-refractivity contribution in [2.24, 2.45) is 0 Å². The number of aromatic nitrogens is 1. The summed E-state index contributed by atoms with van der Waals surface area (Å²) < 4.78 is 1.22. The molecule has 0 unspecified atom stereocenters. The molecule has 1 heterocycles. The van der Waals surface area contributed by atoms with Crippen molar-refractivity contribution in [3.63, 3.8) is 0 Å². The van der Waals surface area contributed by atoms with Gasteiger partial charge in [-0.15, -0.1) is 0 Å². The average molecular weight is 296 g/mol. The standard InChI is InChI=1S/C12H10BrNO3/c1-7(15)14-10-3-2-8(6-13)4-9(10)5-11(14)12(16)17/h2-5H,6H2,1H3,(H,16,17). The molecular weight excluding hydrogens is 286 g/mol. The first-order valence-electron chi connectivity index (χ1n) is 4.99. The summed E-state index contributed by atoms with van der Waals surface area (Å²) in [7, 11) is 0. The van der Waals surface area contributed by atoms with E-state index in [9.17, 15) is 9.59 Å². The maximum absolute atomic E-state index is 11.5. The summed E-state index contributed by atoms with van der Waals surface area (Å²) in [6.45, 7) is 1.35. The van der Waals surface area contributed by atoms with Crippen LogP contribution in [0.25, 0.3) is 10.9 Å². The molecule has 1 N–H and O–H groups in total. The second kappa shape index (κ2) is 4.33. The van der Waals surface area contributed by atoms with Gasteiger partial charge in [-0.05, 0) is 23.8 Å². The van der Waals surface area contributed by atoms with Gasteiger partial charge in [-0.2, -0.15) is 0 Å². The van der Waals surface area contributed by atoms with E-state index >= 15 is 0 Å². The number of alkyl halides is 1. The zero-order valence-corrected chi connectivity index (χ0v) is 10.7. The van der Waals surface area contributed by atoms with Crippen LogP contribution in [0.15, 0.2) is 24.3 Å². The second-order valence-corrected chi connectivity index (χ2v) is 4.28. The predicted octanol–water partition coefficient (Wildman–Crippen LogP) is 2.89. The van der Waals surface area contributed by atoms with E-state index in [1.54, 1.807) is 6.07 Å². The Morgan fingerprint density at radius 1 is 1.35 bits per heavy atom. The highest BCUT2D eigenvalue weighted by atomic mass is 79.9. The Morgan fingerprint density at radius 3 is 2.59 bits per heavy atom. The average Bonchev–Trinajstić information content (AvgIpc) is 2.66. The highest BCUT2D eigenvalue weighted by Gasteiger charge is 2.17. The first-order chi connectivity index (χ1) is 8.04. The van der Waals surface area contributed by atoms with E-state index in [-0.39, 0.29) is 11.6 Å². The number of rotatable bonds is 2. The summed E-state index contributed by atoms with van der Waals surface area (Å²) in [5.74, 6) is -1.40. The van der Waals surface area contributed by atoms with Crippen LogP contribution < -0.4 is 0 Å². The normalized spacial score (nSPS) is 10.7. The number of fused-ring (bicyclic) bond motifs is 1. The van der Waals surface area contributed by atoms with Gasteiger partial charge >= 0.3 is 5.97 Å². The first-order valence-corrected chi connectivity index (χ1v) is 6.11. The molecule has 5 heteroatoms. The summed E-state index contributed by atoms with van der Waals surface area (Å²) in [5.41, 5.74) is 1.66. The molecule has 2 aromatic rings. The summed E-state index contributed by atoms with van der Waals surface area (Å²) in [5, 5.41) is 10.5. The van der Waals surface area contributed by atoms with Gasteiger partial charge in [0, 0.05) is 17.6 Å². The molecule has 0 amide bonds. The number of carboxylic acids is 1. The summed E-state index contributed by atoms with van der Waals surface area (Å²) in [4.78, 5) is 22.6. The first kappa shape index (κ1) is 11.9. The van der Waals surface area contributed by atoms with Crippen molar-refractivity contribution in [1.82, 2.24) is 4.57 Å². The van der Waals surface area contributed by atoms with Crippen molar-refractivity contribution >= 4 is 38.7 Å². The van der Waals surface area contributed by atoms with E-state index in [1.807, 2.05) is 12.1 Å². The van der Waals surface area contributed by atoms with Crippen molar-refractivity contribution in [2.75, 3.05) is 0 Å². The Balaban J connectivity index is 2.79. The van der Waals surface area contributed by atoms with Crippen LogP contribution in [0.1, 0.15) is 27.8 Å². The van der Waals surface area contributed by atoms with Crippen molar-refractivity contribution in [3.05, 3.63) is 35.5 Å². The number of hydrogen-bond donors (Lipinski definition) is 1. The zero-order chi connectivity index (χ0) is 12.6. The Hall–Kier alpha value is -1.62. The number of hydrogen-bond acceptors (Lipinski definition) is 2. The van der Waals surface area contributed by atoms with E-state index in [0.29, 0.717) is 10.8 Å². The van der Waals surface area contributed by atoms with Crippen LogP contribution in [-0.4, -0.2) is 21.6 Å². The number of benzene rings is 1. The van der Waals surface area contributed by atoms with Crippen LogP contribution in [0.5, 0.6) is 0 Å². The molecule has 0 radical (unpaired) electrons. The van der Waals surface area contributed by atoms with Crippen LogP contribution in [0.4, 0.5) is 0 Å². The predicted molar refractivity (Wildman–Crippen MR) is 67.8 cm³/mol. The molecule has 2 rings (SSSR count). The summed E-state index contributed by atoms with van der Waals surface area (Å²) in [6.07, 6.45) is 0. The smallest absolute Gasteiger partial charge is 0.352 e. The quantitative estimate of drug-likeness (QED) is 0.867. The number of carbonyl (C=O) groups is 2. The molecule has 0 aliphatic heterocycles. The SMILES string of the molecule is CC(=O)n1c(C(=O)O)cc2cc(CBr)ccc21. The van der Waals surface area contributed by atoms with Crippen molar-refractivity contribution < 1.29 is 14.7 Å². The minimum absolute atomic E-state index is 0.000720. The lowest BCUT2D eigenvalue weighted by atomic mass is 10.2. The third-order valence-corrected chi connectivity index (χ3v) is 3.20. The monoisotopic (exact) mass is 295 g/mol. The van der Waals surface area contributed by atoms with Gasteiger partial charge in [-0.3, -0.25) is 9.36 Å². The van der Waals surface area contributed by atoms with E-state index in [1.165, 1.54) is 17.6 Å². The van der Waals surface area contributed by atoms with E-state index < -0.39 is 5.97 Å². The van der Waals surface area contributed by atoms with Crippen LogP contribution >= 0.6 is 15.9 Å². The van der Waals surface area contributed by atoms with E-state index in [0.717, 1.165) is 10.9 Å². The fraction of sp³-hybridized carbons (Fsp3) is 0.167. The summed E-state index contributed by atoms with van der Waals surface area (Å²) >= 11 is 3.34. The molecule has 0 aliphatic carbocycles. The molecule has 0 spiro atoms. The van der Waals surface area contributed by atoms with Crippen LogP contribution in [-0.2, 0) is 5.33 Å². The molecule has 0 saturated heterocycles. The van der Waals surface area contributed by atoms with Gasteiger partial charge in [-0.1, -0.05) is 22.0 Å². The Bertz CT molecular complexity index is 615. The number of halogens is 1. The fourth-order valence-electron chi connectivity index (χ4n) is 1.84. The number of carbonyl (C=O) groups excluding carboxylic acids is 1. The van der Waals surface area contributed by atoms with Gasteiger partial charge < -0.3 is 5.11 Å². The van der Waals surface area contributed by atoms with Gasteiger partial charge in [-0.25, -0.2) is 4.79 Å². The van der Waals surface area contributed by atoms with Gasteiger partial charge in [0.2, 0.25) is 5.91 Å². The molecule has 0 fully saturated rings. The molecule has 0 bridgehead atoms. The van der Waals surface area contributed by atoms with Gasteiger partial charge in [0.15, 0.2) is 0 Å². The lowest BCUT2D eigenvalue weighted by molar-refractivity contribution is 0.0676. The largest absolute Gasteiger partial charge is 0.477 e. The molecular formula is C12H10BrNO3. The van der Waals surface area contributed by atoms with Crippen molar-refractivity contribution in [2.45, 2.75) is 12.3 Å². The van der Waals surface area contributed by atoms with Crippen LogP contribution in [0.2, 0.25) is 0 Å². The Morgan fingerprint density at radius 2 is 2.06 bits per heavy atom. The third kappa shape index (κ3) is 1.98. The van der Waals surface area contributed by atoms with Gasteiger partial charge in [0.05, 0.1) is 5.52 Å². The van der Waals surface area contributed by atoms with Crippen LogP contribution in [0, 0.1) is 0 Å². The lowest BCUT2D eigenvalue weighted by Gasteiger charge is -2.03.